The summed E-state index contributed by atoms with van der Waals surface area (Å²) in [5, 5.41) is 23.4. The Balaban J connectivity index is 1.57. The summed E-state index contributed by atoms with van der Waals surface area (Å²) in [5.41, 5.74) is -0.0416. The Bertz CT molecular complexity index is 1080. The lowest BCUT2D eigenvalue weighted by Gasteiger charge is -2.14. The Hall–Kier alpha value is -2.86. The van der Waals surface area contributed by atoms with Crippen LogP contribution in [-0.2, 0) is 11.8 Å². The molecule has 1 atom stereocenters. The van der Waals surface area contributed by atoms with Gasteiger partial charge in [0.1, 0.15) is 10.8 Å². The first kappa shape index (κ1) is 22.8. The first-order chi connectivity index (χ1) is 14.8. The molecule has 2 heterocycles. The molecule has 12 heteroatoms. The molecule has 0 aliphatic carbocycles. The second-order valence-electron chi connectivity index (χ2n) is 7.01. The second kappa shape index (κ2) is 9.96. The van der Waals surface area contributed by atoms with Gasteiger partial charge < -0.3 is 9.88 Å². The molecular weight excluding hydrogens is 441 g/mol. The highest BCUT2D eigenvalue weighted by atomic mass is 32.2. The van der Waals surface area contributed by atoms with E-state index in [4.69, 9.17) is 0 Å². The largest absolute Gasteiger partial charge is 0.342 e. The van der Waals surface area contributed by atoms with Crippen LogP contribution in [0.4, 0.5) is 9.52 Å². The van der Waals surface area contributed by atoms with Crippen LogP contribution in [0.5, 0.6) is 0 Å². The van der Waals surface area contributed by atoms with E-state index < -0.39 is 17.8 Å². The molecule has 2 aromatic heterocycles. The smallest absolute Gasteiger partial charge is 0.254 e. The lowest BCUT2D eigenvalue weighted by molar-refractivity contribution is -0.113. The third kappa shape index (κ3) is 5.64. The van der Waals surface area contributed by atoms with Crippen molar-refractivity contribution in [3.63, 3.8) is 0 Å². The quantitative estimate of drug-likeness (QED) is 0.493. The van der Waals surface area contributed by atoms with Crippen molar-refractivity contribution in [1.82, 2.24) is 30.3 Å². The predicted molar refractivity (Wildman–Crippen MR) is 117 cm³/mol. The number of carbonyl (C=O) groups excluding carboxylic acids is 2. The Morgan fingerprint density at radius 1 is 1.16 bits per heavy atom. The SMILES string of the molecule is CC(C)c1nnc(NC(=O)CSc2nnc([C@H](C)NC(=O)c3ccccc3F)n2C)s1. The number of carbonyl (C=O) groups is 2. The first-order valence-corrected chi connectivity index (χ1v) is 11.3. The van der Waals surface area contributed by atoms with Gasteiger partial charge in [-0.05, 0) is 19.1 Å². The van der Waals surface area contributed by atoms with Crippen molar-refractivity contribution in [2.24, 2.45) is 7.05 Å². The number of nitrogens with one attached hydrogen (secondary N) is 2. The average Bonchev–Trinajstić information content (AvgIpc) is 3.33. The maximum absolute atomic E-state index is 13.8. The Labute approximate surface area is 186 Å². The molecule has 2 N–H and O–H groups in total. The molecule has 3 rings (SSSR count). The van der Waals surface area contributed by atoms with E-state index in [0.717, 1.165) is 5.01 Å². The van der Waals surface area contributed by atoms with E-state index in [9.17, 15) is 14.0 Å². The maximum Gasteiger partial charge on any atom is 0.254 e. The molecule has 0 bridgehead atoms. The summed E-state index contributed by atoms with van der Waals surface area (Å²) in [6.07, 6.45) is 0. The number of aromatic nitrogens is 5. The number of thioether (sulfide) groups is 1. The van der Waals surface area contributed by atoms with Crippen LogP contribution >= 0.6 is 23.1 Å². The van der Waals surface area contributed by atoms with Crippen LogP contribution in [0.25, 0.3) is 0 Å². The molecule has 0 aliphatic rings. The van der Waals surface area contributed by atoms with Gasteiger partial charge in [0.15, 0.2) is 11.0 Å². The van der Waals surface area contributed by atoms with Crippen LogP contribution in [0.15, 0.2) is 29.4 Å². The van der Waals surface area contributed by atoms with Crippen molar-refractivity contribution in [2.75, 3.05) is 11.1 Å². The van der Waals surface area contributed by atoms with Crippen molar-refractivity contribution in [1.29, 1.82) is 0 Å². The zero-order valence-corrected chi connectivity index (χ0v) is 19.1. The van der Waals surface area contributed by atoms with Gasteiger partial charge in [-0.15, -0.1) is 20.4 Å². The highest BCUT2D eigenvalue weighted by Gasteiger charge is 2.20. The zero-order chi connectivity index (χ0) is 22.5. The van der Waals surface area contributed by atoms with Gasteiger partial charge in [0.25, 0.3) is 5.91 Å². The van der Waals surface area contributed by atoms with Crippen molar-refractivity contribution >= 4 is 40.0 Å². The number of benzene rings is 1. The molecule has 9 nitrogen and oxygen atoms in total. The Morgan fingerprint density at radius 2 is 1.90 bits per heavy atom. The van der Waals surface area contributed by atoms with E-state index in [2.05, 4.69) is 31.0 Å². The van der Waals surface area contributed by atoms with Gasteiger partial charge in [0, 0.05) is 13.0 Å². The van der Waals surface area contributed by atoms with E-state index in [0.29, 0.717) is 16.1 Å². The Kier molecular flexibility index (Phi) is 7.33. The van der Waals surface area contributed by atoms with Gasteiger partial charge in [-0.2, -0.15) is 0 Å². The number of hydrogen-bond acceptors (Lipinski definition) is 8. The lowest BCUT2D eigenvalue weighted by Crippen LogP contribution is -2.29. The fourth-order valence-electron chi connectivity index (χ4n) is 2.62. The summed E-state index contributed by atoms with van der Waals surface area (Å²) in [4.78, 5) is 24.5. The fraction of sp³-hybridized carbons (Fsp3) is 0.368. The third-order valence-corrected chi connectivity index (χ3v) is 6.39. The first-order valence-electron chi connectivity index (χ1n) is 9.47. The summed E-state index contributed by atoms with van der Waals surface area (Å²) in [6, 6.07) is 5.24. The summed E-state index contributed by atoms with van der Waals surface area (Å²) in [7, 11) is 1.74. The topological polar surface area (TPSA) is 115 Å². The summed E-state index contributed by atoms with van der Waals surface area (Å²) < 4.78 is 15.5. The molecule has 0 radical (unpaired) electrons. The average molecular weight is 464 g/mol. The highest BCUT2D eigenvalue weighted by Crippen LogP contribution is 2.23. The number of anilines is 1. The zero-order valence-electron chi connectivity index (χ0n) is 17.4. The minimum Gasteiger partial charge on any atom is -0.342 e. The van der Waals surface area contributed by atoms with Gasteiger partial charge in [-0.1, -0.05) is 49.1 Å². The third-order valence-electron chi connectivity index (χ3n) is 4.24. The maximum atomic E-state index is 13.8. The normalized spacial score (nSPS) is 12.1. The van der Waals surface area contributed by atoms with E-state index in [1.807, 2.05) is 13.8 Å². The van der Waals surface area contributed by atoms with Crippen molar-refractivity contribution in [3.8, 4) is 0 Å². The van der Waals surface area contributed by atoms with E-state index >= 15 is 0 Å². The van der Waals surface area contributed by atoms with Crippen LogP contribution < -0.4 is 10.6 Å². The minimum atomic E-state index is -0.594. The number of halogens is 1. The van der Waals surface area contributed by atoms with Crippen LogP contribution in [0.3, 0.4) is 0 Å². The molecule has 164 valence electrons. The van der Waals surface area contributed by atoms with Gasteiger partial charge in [-0.25, -0.2) is 4.39 Å². The van der Waals surface area contributed by atoms with Gasteiger partial charge in [-0.3, -0.25) is 14.9 Å². The highest BCUT2D eigenvalue weighted by molar-refractivity contribution is 7.99. The van der Waals surface area contributed by atoms with Crippen molar-refractivity contribution < 1.29 is 14.0 Å². The number of hydrogen-bond donors (Lipinski definition) is 2. The summed E-state index contributed by atoms with van der Waals surface area (Å²) in [5.74, 6) is -0.530. The molecule has 0 saturated heterocycles. The van der Waals surface area contributed by atoms with E-state index in [1.165, 1.54) is 41.3 Å². The molecule has 0 fully saturated rings. The molecular formula is C19H22FN7O2S2. The Morgan fingerprint density at radius 3 is 2.58 bits per heavy atom. The molecule has 2 amide bonds. The molecule has 0 spiro atoms. The monoisotopic (exact) mass is 463 g/mol. The minimum absolute atomic E-state index is 0.0416. The molecule has 3 aromatic rings. The summed E-state index contributed by atoms with van der Waals surface area (Å²) >= 11 is 2.55. The van der Waals surface area contributed by atoms with Crippen molar-refractivity contribution in [2.45, 2.75) is 37.9 Å². The summed E-state index contributed by atoms with van der Waals surface area (Å²) in [6.45, 7) is 5.74. The van der Waals surface area contributed by atoms with E-state index in [-0.39, 0.29) is 23.1 Å². The van der Waals surface area contributed by atoms with Crippen LogP contribution in [0.1, 0.15) is 53.9 Å². The van der Waals surface area contributed by atoms with Crippen LogP contribution in [0.2, 0.25) is 0 Å². The molecule has 0 aliphatic heterocycles. The standard InChI is InChI=1S/C19H22FN7O2S2/c1-10(2)17-24-25-18(31-17)22-14(28)9-30-19-26-23-15(27(19)4)11(3)21-16(29)12-7-5-6-8-13(12)20/h5-8,10-11H,9H2,1-4H3,(H,21,29)(H,22,25,28)/t11-/m0/s1. The molecule has 0 saturated carbocycles. The van der Waals surface area contributed by atoms with E-state index in [1.54, 1.807) is 24.6 Å². The molecule has 1 aromatic carbocycles. The number of nitrogens with zero attached hydrogens (tertiary/aromatic N) is 5. The van der Waals surface area contributed by atoms with Gasteiger partial charge in [0.2, 0.25) is 11.0 Å². The molecule has 0 unspecified atom stereocenters. The van der Waals surface area contributed by atoms with Gasteiger partial charge >= 0.3 is 0 Å². The molecule has 31 heavy (non-hydrogen) atoms. The predicted octanol–water partition coefficient (Wildman–Crippen LogP) is 3.15. The van der Waals surface area contributed by atoms with Crippen LogP contribution in [-0.4, -0.2) is 42.5 Å². The van der Waals surface area contributed by atoms with Crippen molar-refractivity contribution in [3.05, 3.63) is 46.5 Å². The number of amides is 2. The van der Waals surface area contributed by atoms with Crippen LogP contribution in [0, 0.1) is 5.82 Å². The lowest BCUT2D eigenvalue weighted by atomic mass is 10.2. The second-order valence-corrected chi connectivity index (χ2v) is 8.96. The fourth-order valence-corrected chi connectivity index (χ4v) is 4.10. The number of rotatable bonds is 8. The van der Waals surface area contributed by atoms with Gasteiger partial charge in [0.05, 0.1) is 17.4 Å².